The van der Waals surface area contributed by atoms with E-state index in [9.17, 15) is 4.79 Å². The van der Waals surface area contributed by atoms with Crippen LogP contribution in [0.3, 0.4) is 0 Å². The summed E-state index contributed by atoms with van der Waals surface area (Å²) in [6.45, 7) is 2.26. The van der Waals surface area contributed by atoms with Crippen molar-refractivity contribution in [3.63, 3.8) is 0 Å². The third-order valence-electron chi connectivity index (χ3n) is 2.32. The average Bonchev–Trinajstić information content (AvgIpc) is 2.81. The van der Waals surface area contributed by atoms with Crippen LogP contribution in [0.15, 0.2) is 24.3 Å². The van der Waals surface area contributed by atoms with Crippen LogP contribution >= 0.6 is 11.3 Å². The van der Waals surface area contributed by atoms with Gasteiger partial charge in [-0.15, -0.1) is 10.2 Å². The van der Waals surface area contributed by atoms with Gasteiger partial charge in [-0.25, -0.2) is 0 Å². The molecule has 6 heteroatoms. The maximum atomic E-state index is 12.0. The first-order valence-corrected chi connectivity index (χ1v) is 6.22. The summed E-state index contributed by atoms with van der Waals surface area (Å²) in [6, 6.07) is 7.10. The zero-order valence-corrected chi connectivity index (χ0v) is 11.0. The summed E-state index contributed by atoms with van der Waals surface area (Å²) in [7, 11) is 1.54. The zero-order chi connectivity index (χ0) is 13.0. The van der Waals surface area contributed by atoms with E-state index in [-0.39, 0.29) is 5.91 Å². The molecule has 0 saturated carbocycles. The molecule has 0 aliphatic carbocycles. The number of amides is 1. The zero-order valence-electron chi connectivity index (χ0n) is 10.1. The molecule has 0 atom stereocenters. The van der Waals surface area contributed by atoms with Gasteiger partial charge in [0.25, 0.3) is 5.91 Å². The first-order valence-electron chi connectivity index (χ1n) is 5.41. The van der Waals surface area contributed by atoms with Gasteiger partial charge in [-0.3, -0.25) is 4.79 Å². The fourth-order valence-electron chi connectivity index (χ4n) is 1.49. The van der Waals surface area contributed by atoms with Crippen molar-refractivity contribution in [3.05, 3.63) is 39.8 Å². The Morgan fingerprint density at radius 3 is 2.83 bits per heavy atom. The van der Waals surface area contributed by atoms with Gasteiger partial charge in [-0.2, -0.15) is 0 Å². The largest absolute Gasteiger partial charge is 0.496 e. The molecule has 18 heavy (non-hydrogen) atoms. The Bertz CT molecular complexity index is 554. The number of ether oxygens (including phenoxy) is 1. The van der Waals surface area contributed by atoms with Crippen molar-refractivity contribution in [1.82, 2.24) is 15.5 Å². The Morgan fingerprint density at radius 2 is 2.17 bits per heavy atom. The second-order valence-corrected chi connectivity index (χ2v) is 4.86. The second-order valence-electron chi connectivity index (χ2n) is 3.60. The maximum Gasteiger partial charge on any atom is 0.255 e. The highest BCUT2D eigenvalue weighted by atomic mass is 32.1. The number of nitrogens with one attached hydrogen (secondary N) is 1. The minimum Gasteiger partial charge on any atom is -0.496 e. The van der Waals surface area contributed by atoms with Gasteiger partial charge >= 0.3 is 0 Å². The number of aryl methyl sites for hydroxylation is 1. The molecule has 1 N–H and O–H groups in total. The molecule has 0 unspecified atom stereocenters. The van der Waals surface area contributed by atoms with Crippen molar-refractivity contribution >= 4 is 17.2 Å². The van der Waals surface area contributed by atoms with Crippen molar-refractivity contribution in [2.45, 2.75) is 13.5 Å². The van der Waals surface area contributed by atoms with E-state index in [1.54, 1.807) is 25.3 Å². The molecule has 5 nitrogen and oxygen atoms in total. The van der Waals surface area contributed by atoms with Gasteiger partial charge in [-0.05, 0) is 19.1 Å². The third kappa shape index (κ3) is 2.84. The third-order valence-corrected chi connectivity index (χ3v) is 3.16. The number of methoxy groups -OCH3 is 1. The summed E-state index contributed by atoms with van der Waals surface area (Å²) >= 11 is 1.47. The SMILES string of the molecule is COc1ccccc1C(=O)NCc1nnc(C)s1. The fraction of sp³-hybridized carbons (Fsp3) is 0.250. The molecule has 1 aromatic carbocycles. The van der Waals surface area contributed by atoms with E-state index in [0.29, 0.717) is 17.9 Å². The van der Waals surface area contributed by atoms with Gasteiger partial charge in [0, 0.05) is 0 Å². The number of carbonyl (C=O) groups excluding carboxylic acids is 1. The Kier molecular flexibility index (Phi) is 3.88. The number of aromatic nitrogens is 2. The van der Waals surface area contributed by atoms with Crippen LogP contribution in [-0.2, 0) is 6.54 Å². The lowest BCUT2D eigenvalue weighted by molar-refractivity contribution is 0.0948. The van der Waals surface area contributed by atoms with Crippen molar-refractivity contribution < 1.29 is 9.53 Å². The average molecular weight is 263 g/mol. The van der Waals surface area contributed by atoms with E-state index < -0.39 is 0 Å². The number of nitrogens with zero attached hydrogens (tertiary/aromatic N) is 2. The molecular weight excluding hydrogens is 250 g/mol. The first kappa shape index (κ1) is 12.5. The minimum atomic E-state index is -0.180. The standard InChI is InChI=1S/C12H13N3O2S/c1-8-14-15-11(18-8)7-13-12(16)9-5-3-4-6-10(9)17-2/h3-6H,7H2,1-2H3,(H,13,16). The Labute approximate surface area is 109 Å². The van der Waals surface area contributed by atoms with Crippen molar-refractivity contribution in [2.24, 2.45) is 0 Å². The van der Waals surface area contributed by atoms with Gasteiger partial charge in [-0.1, -0.05) is 23.5 Å². The summed E-state index contributed by atoms with van der Waals surface area (Å²) in [6.07, 6.45) is 0. The number of rotatable bonds is 4. The van der Waals surface area contributed by atoms with Gasteiger partial charge in [0.2, 0.25) is 0 Å². The Balaban J connectivity index is 2.03. The van der Waals surface area contributed by atoms with Crippen molar-refractivity contribution in [1.29, 1.82) is 0 Å². The van der Waals surface area contributed by atoms with Crippen LogP contribution in [0.2, 0.25) is 0 Å². The van der Waals surface area contributed by atoms with E-state index in [2.05, 4.69) is 15.5 Å². The van der Waals surface area contributed by atoms with Gasteiger partial charge in [0.05, 0.1) is 19.2 Å². The van der Waals surface area contributed by atoms with Crippen LogP contribution in [0.1, 0.15) is 20.4 Å². The van der Waals surface area contributed by atoms with Crippen LogP contribution < -0.4 is 10.1 Å². The van der Waals surface area contributed by atoms with Crippen molar-refractivity contribution in [2.75, 3.05) is 7.11 Å². The van der Waals surface area contributed by atoms with Gasteiger partial charge in [0.1, 0.15) is 15.8 Å². The van der Waals surface area contributed by atoms with E-state index >= 15 is 0 Å². The fourth-order valence-corrected chi connectivity index (χ4v) is 2.14. The Hall–Kier alpha value is -1.95. The quantitative estimate of drug-likeness (QED) is 0.913. The molecule has 0 bridgehead atoms. The molecule has 0 fully saturated rings. The normalized spacial score (nSPS) is 10.1. The van der Waals surface area contributed by atoms with Crippen molar-refractivity contribution in [3.8, 4) is 5.75 Å². The van der Waals surface area contributed by atoms with E-state index in [4.69, 9.17) is 4.74 Å². The first-order chi connectivity index (χ1) is 8.70. The molecule has 2 aromatic rings. The minimum absolute atomic E-state index is 0.180. The van der Waals surface area contributed by atoms with Crippen LogP contribution in [0.4, 0.5) is 0 Å². The number of hydrogen-bond donors (Lipinski definition) is 1. The summed E-state index contributed by atoms with van der Waals surface area (Å²) in [5.41, 5.74) is 0.515. The lowest BCUT2D eigenvalue weighted by Crippen LogP contribution is -2.23. The lowest BCUT2D eigenvalue weighted by Gasteiger charge is -2.07. The molecule has 2 rings (SSSR count). The van der Waals surface area contributed by atoms with E-state index in [0.717, 1.165) is 10.0 Å². The number of para-hydroxylation sites is 1. The highest BCUT2D eigenvalue weighted by molar-refractivity contribution is 7.11. The number of hydrogen-bond acceptors (Lipinski definition) is 5. The van der Waals surface area contributed by atoms with Crippen LogP contribution in [-0.4, -0.2) is 23.2 Å². The molecule has 0 saturated heterocycles. The summed E-state index contributed by atoms with van der Waals surface area (Å²) < 4.78 is 5.14. The molecule has 0 aliphatic rings. The lowest BCUT2D eigenvalue weighted by atomic mass is 10.2. The van der Waals surface area contributed by atoms with Gasteiger partial charge < -0.3 is 10.1 Å². The van der Waals surface area contributed by atoms with Crippen LogP contribution in [0.5, 0.6) is 5.75 Å². The van der Waals surface area contributed by atoms with Crippen LogP contribution in [0.25, 0.3) is 0 Å². The molecular formula is C12H13N3O2S. The van der Waals surface area contributed by atoms with Gasteiger partial charge in [0.15, 0.2) is 0 Å². The van der Waals surface area contributed by atoms with E-state index in [1.165, 1.54) is 11.3 Å². The number of carbonyl (C=O) groups is 1. The van der Waals surface area contributed by atoms with E-state index in [1.807, 2.05) is 13.0 Å². The monoisotopic (exact) mass is 263 g/mol. The number of benzene rings is 1. The smallest absolute Gasteiger partial charge is 0.255 e. The Morgan fingerprint density at radius 1 is 1.39 bits per heavy atom. The second kappa shape index (κ2) is 5.59. The highest BCUT2D eigenvalue weighted by Crippen LogP contribution is 2.17. The molecule has 0 spiro atoms. The molecule has 0 radical (unpaired) electrons. The molecule has 0 aliphatic heterocycles. The topological polar surface area (TPSA) is 64.1 Å². The predicted octanol–water partition coefficient (Wildman–Crippen LogP) is 1.79. The van der Waals surface area contributed by atoms with Crippen LogP contribution in [0, 0.1) is 6.92 Å². The highest BCUT2D eigenvalue weighted by Gasteiger charge is 2.11. The molecule has 1 amide bonds. The molecule has 94 valence electrons. The molecule has 1 aromatic heterocycles. The predicted molar refractivity (Wildman–Crippen MR) is 68.8 cm³/mol. The summed E-state index contributed by atoms with van der Waals surface area (Å²) in [5.74, 6) is 0.378. The molecule has 1 heterocycles. The summed E-state index contributed by atoms with van der Waals surface area (Å²) in [5, 5.41) is 12.3. The summed E-state index contributed by atoms with van der Waals surface area (Å²) in [4.78, 5) is 12.0. The maximum absolute atomic E-state index is 12.0.